The number of nitrogens with zero attached hydrogens (tertiary/aromatic N) is 1. The third-order valence-electron chi connectivity index (χ3n) is 3.36. The van der Waals surface area contributed by atoms with E-state index in [1.54, 1.807) is 6.26 Å². The van der Waals surface area contributed by atoms with Crippen molar-refractivity contribution in [2.75, 3.05) is 13.1 Å². The summed E-state index contributed by atoms with van der Waals surface area (Å²) >= 11 is 0. The Morgan fingerprint density at radius 3 is 2.69 bits per heavy atom. The molecule has 3 nitrogen and oxygen atoms in total. The zero-order chi connectivity index (χ0) is 11.5. The van der Waals surface area contributed by atoms with Crippen molar-refractivity contribution in [3.05, 3.63) is 23.7 Å². The molecule has 2 heterocycles. The lowest BCUT2D eigenvalue weighted by molar-refractivity contribution is 0.133. The summed E-state index contributed by atoms with van der Waals surface area (Å²) < 4.78 is 5.36. The fourth-order valence-corrected chi connectivity index (χ4v) is 2.85. The van der Waals surface area contributed by atoms with Crippen molar-refractivity contribution < 1.29 is 4.42 Å². The Morgan fingerprint density at radius 2 is 2.06 bits per heavy atom. The molecular formula is C13H22N2O. The Bertz CT molecular complexity index is 324. The summed E-state index contributed by atoms with van der Waals surface area (Å²) in [6.07, 6.45) is 3.10. The van der Waals surface area contributed by atoms with E-state index in [1.807, 2.05) is 6.07 Å². The number of nitrogens with two attached hydrogens (primary N) is 1. The van der Waals surface area contributed by atoms with Gasteiger partial charge in [0.25, 0.3) is 0 Å². The van der Waals surface area contributed by atoms with Crippen molar-refractivity contribution >= 4 is 0 Å². The van der Waals surface area contributed by atoms with Gasteiger partial charge in [-0.05, 0) is 24.3 Å². The second-order valence-electron chi connectivity index (χ2n) is 5.21. The van der Waals surface area contributed by atoms with Gasteiger partial charge in [0.05, 0.1) is 12.8 Å². The highest BCUT2D eigenvalue weighted by Crippen LogP contribution is 2.23. The van der Waals surface area contributed by atoms with Crippen molar-refractivity contribution in [3.63, 3.8) is 0 Å². The third-order valence-corrected chi connectivity index (χ3v) is 3.36. The molecule has 1 aliphatic heterocycles. The van der Waals surface area contributed by atoms with Crippen LogP contribution in [0.1, 0.15) is 31.6 Å². The standard InChI is InChI=1S/C13H22N2O/c1-10-5-11(2)8-15(7-10)9-12-3-4-16-13(12)6-14/h3-4,10-11H,5-9,14H2,1-2H3. The van der Waals surface area contributed by atoms with Crippen LogP contribution in [-0.4, -0.2) is 18.0 Å². The molecule has 1 aromatic rings. The molecule has 1 aromatic heterocycles. The maximum Gasteiger partial charge on any atom is 0.121 e. The first-order valence-electron chi connectivity index (χ1n) is 6.16. The van der Waals surface area contributed by atoms with E-state index in [1.165, 1.54) is 25.1 Å². The van der Waals surface area contributed by atoms with E-state index in [9.17, 15) is 0 Å². The summed E-state index contributed by atoms with van der Waals surface area (Å²) in [4.78, 5) is 2.52. The maximum absolute atomic E-state index is 5.64. The molecule has 0 aromatic carbocycles. The van der Waals surface area contributed by atoms with E-state index >= 15 is 0 Å². The fourth-order valence-electron chi connectivity index (χ4n) is 2.85. The van der Waals surface area contributed by atoms with E-state index in [2.05, 4.69) is 18.7 Å². The van der Waals surface area contributed by atoms with Crippen LogP contribution in [0.4, 0.5) is 0 Å². The molecule has 2 unspecified atom stereocenters. The molecule has 1 saturated heterocycles. The molecule has 2 rings (SSSR count). The molecule has 1 fully saturated rings. The number of piperidine rings is 1. The highest BCUT2D eigenvalue weighted by atomic mass is 16.3. The largest absolute Gasteiger partial charge is 0.468 e. The van der Waals surface area contributed by atoms with Gasteiger partial charge in [0.15, 0.2) is 0 Å². The van der Waals surface area contributed by atoms with E-state index < -0.39 is 0 Å². The van der Waals surface area contributed by atoms with Crippen LogP contribution in [-0.2, 0) is 13.1 Å². The van der Waals surface area contributed by atoms with Crippen molar-refractivity contribution in [3.8, 4) is 0 Å². The van der Waals surface area contributed by atoms with Gasteiger partial charge in [-0.15, -0.1) is 0 Å². The quantitative estimate of drug-likeness (QED) is 0.852. The molecular weight excluding hydrogens is 200 g/mol. The normalized spacial score (nSPS) is 27.2. The average Bonchev–Trinajstić information content (AvgIpc) is 2.63. The van der Waals surface area contributed by atoms with Crippen LogP contribution in [0.3, 0.4) is 0 Å². The van der Waals surface area contributed by atoms with Gasteiger partial charge in [0, 0.05) is 25.2 Å². The van der Waals surface area contributed by atoms with Crippen molar-refractivity contribution in [2.24, 2.45) is 17.6 Å². The van der Waals surface area contributed by atoms with Crippen LogP contribution in [0.5, 0.6) is 0 Å². The summed E-state index contributed by atoms with van der Waals surface area (Å²) in [5.74, 6) is 2.54. The molecule has 0 saturated carbocycles. The predicted octanol–water partition coefficient (Wildman–Crippen LogP) is 2.22. The minimum Gasteiger partial charge on any atom is -0.468 e. The highest BCUT2D eigenvalue weighted by Gasteiger charge is 2.22. The molecule has 1 aliphatic rings. The van der Waals surface area contributed by atoms with E-state index in [0.717, 1.165) is 24.1 Å². The molecule has 16 heavy (non-hydrogen) atoms. The first-order valence-corrected chi connectivity index (χ1v) is 6.16. The van der Waals surface area contributed by atoms with Crippen molar-refractivity contribution in [1.29, 1.82) is 0 Å². The third kappa shape index (κ3) is 2.66. The lowest BCUT2D eigenvalue weighted by Gasteiger charge is -2.34. The Hall–Kier alpha value is -0.800. The summed E-state index contributed by atoms with van der Waals surface area (Å²) in [5, 5.41) is 0. The summed E-state index contributed by atoms with van der Waals surface area (Å²) in [6.45, 7) is 8.54. The zero-order valence-electron chi connectivity index (χ0n) is 10.3. The lowest BCUT2D eigenvalue weighted by Crippen LogP contribution is -2.38. The summed E-state index contributed by atoms with van der Waals surface area (Å²) in [6, 6.07) is 2.05. The van der Waals surface area contributed by atoms with Crippen LogP contribution in [0.2, 0.25) is 0 Å². The Morgan fingerprint density at radius 1 is 1.38 bits per heavy atom. The molecule has 0 bridgehead atoms. The van der Waals surface area contributed by atoms with Gasteiger partial charge >= 0.3 is 0 Å². The molecule has 2 N–H and O–H groups in total. The number of hydrogen-bond donors (Lipinski definition) is 1. The van der Waals surface area contributed by atoms with Gasteiger partial charge in [0.1, 0.15) is 5.76 Å². The SMILES string of the molecule is CC1CC(C)CN(Cc2ccoc2CN)C1. The number of likely N-dealkylation sites (tertiary alicyclic amines) is 1. The van der Waals surface area contributed by atoms with Gasteiger partial charge < -0.3 is 10.2 Å². The maximum atomic E-state index is 5.64. The topological polar surface area (TPSA) is 42.4 Å². The van der Waals surface area contributed by atoms with Crippen LogP contribution in [0.25, 0.3) is 0 Å². The van der Waals surface area contributed by atoms with Gasteiger partial charge in [0.2, 0.25) is 0 Å². The number of furan rings is 1. The van der Waals surface area contributed by atoms with Gasteiger partial charge in [-0.3, -0.25) is 4.90 Å². The molecule has 2 atom stereocenters. The predicted molar refractivity (Wildman–Crippen MR) is 64.8 cm³/mol. The number of rotatable bonds is 3. The van der Waals surface area contributed by atoms with Gasteiger partial charge in [-0.1, -0.05) is 13.8 Å². The second kappa shape index (κ2) is 5.02. The van der Waals surface area contributed by atoms with E-state index in [4.69, 9.17) is 10.2 Å². The molecule has 0 aliphatic carbocycles. The van der Waals surface area contributed by atoms with Crippen molar-refractivity contribution in [2.45, 2.75) is 33.4 Å². The summed E-state index contributed by atoms with van der Waals surface area (Å²) in [7, 11) is 0. The van der Waals surface area contributed by atoms with Crippen molar-refractivity contribution in [1.82, 2.24) is 4.90 Å². The van der Waals surface area contributed by atoms with Gasteiger partial charge in [-0.25, -0.2) is 0 Å². The first-order chi connectivity index (χ1) is 7.69. The fraction of sp³-hybridized carbons (Fsp3) is 0.692. The Labute approximate surface area is 97.6 Å². The van der Waals surface area contributed by atoms with Crippen LogP contribution in [0.15, 0.2) is 16.7 Å². The molecule has 0 amide bonds. The van der Waals surface area contributed by atoms with E-state index in [-0.39, 0.29) is 0 Å². The van der Waals surface area contributed by atoms with E-state index in [0.29, 0.717) is 6.54 Å². The zero-order valence-corrected chi connectivity index (χ0v) is 10.3. The molecule has 3 heteroatoms. The van der Waals surface area contributed by atoms with Crippen LogP contribution in [0, 0.1) is 11.8 Å². The van der Waals surface area contributed by atoms with Gasteiger partial charge in [-0.2, -0.15) is 0 Å². The highest BCUT2D eigenvalue weighted by molar-refractivity contribution is 5.16. The lowest BCUT2D eigenvalue weighted by atomic mass is 9.91. The minimum atomic E-state index is 0.501. The monoisotopic (exact) mass is 222 g/mol. The Balaban J connectivity index is 1.98. The van der Waals surface area contributed by atoms with Crippen LogP contribution < -0.4 is 5.73 Å². The molecule has 90 valence electrons. The first kappa shape index (κ1) is 11.7. The Kier molecular flexibility index (Phi) is 3.66. The second-order valence-corrected chi connectivity index (χ2v) is 5.21. The minimum absolute atomic E-state index is 0.501. The van der Waals surface area contributed by atoms with Crippen LogP contribution >= 0.6 is 0 Å². The molecule has 0 radical (unpaired) electrons. The molecule has 0 spiro atoms. The summed E-state index contributed by atoms with van der Waals surface area (Å²) in [5.41, 5.74) is 6.90. The smallest absolute Gasteiger partial charge is 0.121 e. The average molecular weight is 222 g/mol. The number of hydrogen-bond acceptors (Lipinski definition) is 3.